The molecule has 0 spiro atoms. The molecular formula is C23H30S2. The summed E-state index contributed by atoms with van der Waals surface area (Å²) in [7, 11) is 0. The van der Waals surface area contributed by atoms with Gasteiger partial charge in [0, 0.05) is 9.79 Å². The summed E-state index contributed by atoms with van der Waals surface area (Å²) >= 11 is 3.92. The fourth-order valence-electron chi connectivity index (χ4n) is 2.63. The summed E-state index contributed by atoms with van der Waals surface area (Å²) in [6.45, 7) is 6.62. The maximum absolute atomic E-state index is 2.26. The molecule has 0 N–H and O–H groups in total. The van der Waals surface area contributed by atoms with E-state index in [9.17, 15) is 0 Å². The second kappa shape index (κ2) is 11.5. The van der Waals surface area contributed by atoms with Crippen molar-refractivity contribution in [2.24, 2.45) is 0 Å². The fourth-order valence-corrected chi connectivity index (χ4v) is 4.62. The Kier molecular flexibility index (Phi) is 9.28. The average molecular weight is 371 g/mol. The molecule has 0 saturated carbocycles. The van der Waals surface area contributed by atoms with E-state index in [1.54, 1.807) is 0 Å². The first-order valence-electron chi connectivity index (χ1n) is 9.41. The molecule has 0 radical (unpaired) electrons. The molecule has 0 nitrogen and oxygen atoms in total. The zero-order valence-corrected chi connectivity index (χ0v) is 17.4. The van der Waals surface area contributed by atoms with Crippen LogP contribution in [0.1, 0.15) is 57.6 Å². The van der Waals surface area contributed by atoms with E-state index >= 15 is 0 Å². The topological polar surface area (TPSA) is 0 Å². The molecule has 2 aromatic rings. The van der Waals surface area contributed by atoms with E-state index in [0.717, 1.165) is 0 Å². The molecule has 0 saturated heterocycles. The Balaban J connectivity index is 2.03. The summed E-state index contributed by atoms with van der Waals surface area (Å²) in [5.74, 6) is 2.42. The van der Waals surface area contributed by atoms with Crippen molar-refractivity contribution < 1.29 is 0 Å². The smallest absolute Gasteiger partial charge is 0.00723 e. The van der Waals surface area contributed by atoms with Gasteiger partial charge in [0.05, 0.1) is 0 Å². The van der Waals surface area contributed by atoms with E-state index in [2.05, 4.69) is 75.4 Å². The Morgan fingerprint density at radius 3 is 1.44 bits per heavy atom. The van der Waals surface area contributed by atoms with Gasteiger partial charge in [0.25, 0.3) is 0 Å². The van der Waals surface area contributed by atoms with Crippen LogP contribution in [0, 0.1) is 0 Å². The number of benzene rings is 2. The molecule has 0 atom stereocenters. The number of hydrogen-bond donors (Lipinski definition) is 0. The minimum absolute atomic E-state index is 1.21. The van der Waals surface area contributed by atoms with Crippen LogP contribution in [0.25, 0.3) is 5.57 Å². The molecule has 2 aromatic carbocycles. The van der Waals surface area contributed by atoms with Gasteiger partial charge in [-0.2, -0.15) is 0 Å². The highest BCUT2D eigenvalue weighted by molar-refractivity contribution is 7.99. The molecule has 25 heavy (non-hydrogen) atoms. The number of thioether (sulfide) groups is 2. The van der Waals surface area contributed by atoms with Crippen molar-refractivity contribution in [1.82, 2.24) is 0 Å². The minimum Gasteiger partial charge on any atom is -0.126 e. The maximum atomic E-state index is 2.26. The number of rotatable bonds is 10. The first-order chi connectivity index (χ1) is 12.3. The van der Waals surface area contributed by atoms with Gasteiger partial charge in [-0.1, -0.05) is 57.0 Å². The molecule has 2 rings (SSSR count). The number of hydrogen-bond acceptors (Lipinski definition) is 2. The normalized spacial score (nSPS) is 10.7. The Labute approximate surface area is 162 Å². The van der Waals surface area contributed by atoms with Gasteiger partial charge in [0.1, 0.15) is 0 Å². The highest BCUT2D eigenvalue weighted by Crippen LogP contribution is 2.28. The van der Waals surface area contributed by atoms with Crippen molar-refractivity contribution in [1.29, 1.82) is 0 Å². The summed E-state index contributed by atoms with van der Waals surface area (Å²) in [6, 6.07) is 18.1. The third-order valence-corrected chi connectivity index (χ3v) is 6.35. The van der Waals surface area contributed by atoms with Gasteiger partial charge in [-0.05, 0) is 72.2 Å². The van der Waals surface area contributed by atoms with Gasteiger partial charge in [0.2, 0.25) is 0 Å². The molecule has 0 amide bonds. The molecule has 0 aromatic heterocycles. The molecule has 134 valence electrons. The molecule has 0 bridgehead atoms. The van der Waals surface area contributed by atoms with Gasteiger partial charge in [-0.25, -0.2) is 0 Å². The monoisotopic (exact) mass is 370 g/mol. The van der Waals surface area contributed by atoms with Crippen molar-refractivity contribution in [3.05, 3.63) is 65.7 Å². The quantitative estimate of drug-likeness (QED) is 0.308. The van der Waals surface area contributed by atoms with Gasteiger partial charge in [-0.15, -0.1) is 23.5 Å². The van der Waals surface area contributed by atoms with Crippen LogP contribution in [0.4, 0.5) is 0 Å². The van der Waals surface area contributed by atoms with E-state index in [-0.39, 0.29) is 0 Å². The third-order valence-electron chi connectivity index (χ3n) is 4.15. The van der Waals surface area contributed by atoms with Crippen molar-refractivity contribution in [3.63, 3.8) is 0 Å². The van der Waals surface area contributed by atoms with Crippen LogP contribution >= 0.6 is 23.5 Å². The Hall–Kier alpha value is -1.12. The Bertz CT molecular complexity index is 583. The fraction of sp³-hybridized carbons (Fsp3) is 0.391. The molecule has 0 heterocycles. The van der Waals surface area contributed by atoms with E-state index in [4.69, 9.17) is 0 Å². The van der Waals surface area contributed by atoms with Gasteiger partial charge in [0.15, 0.2) is 0 Å². The molecule has 0 aliphatic heterocycles. The number of allylic oxidation sites excluding steroid dienone is 1. The second-order valence-electron chi connectivity index (χ2n) is 6.16. The van der Waals surface area contributed by atoms with Crippen LogP contribution in [0.15, 0.2) is 64.4 Å². The van der Waals surface area contributed by atoms with Gasteiger partial charge < -0.3 is 0 Å². The molecule has 0 fully saturated rings. The summed E-state index contributed by atoms with van der Waals surface area (Å²) in [5, 5.41) is 0. The van der Waals surface area contributed by atoms with Crippen molar-refractivity contribution in [2.45, 2.75) is 56.2 Å². The zero-order chi connectivity index (χ0) is 17.9. The molecule has 0 unspecified atom stereocenters. The van der Waals surface area contributed by atoms with Crippen LogP contribution in [-0.4, -0.2) is 11.5 Å². The predicted octanol–water partition coefficient (Wildman–Crippen LogP) is 7.92. The highest BCUT2D eigenvalue weighted by Gasteiger charge is 2.05. The van der Waals surface area contributed by atoms with Crippen molar-refractivity contribution in [3.8, 4) is 0 Å². The van der Waals surface area contributed by atoms with E-state index in [0.29, 0.717) is 0 Å². The first kappa shape index (κ1) is 20.2. The number of unbranched alkanes of at least 4 members (excludes halogenated alkanes) is 2. The SMILES string of the molecule is CC=C(c1ccc(SCCCC)cc1)c1ccc(SCCCC)cc1. The van der Waals surface area contributed by atoms with Crippen LogP contribution in [0.5, 0.6) is 0 Å². The van der Waals surface area contributed by atoms with Gasteiger partial charge >= 0.3 is 0 Å². The lowest BCUT2D eigenvalue weighted by atomic mass is 9.98. The lowest BCUT2D eigenvalue weighted by Gasteiger charge is -2.10. The first-order valence-corrected chi connectivity index (χ1v) is 11.4. The summed E-state index contributed by atoms with van der Waals surface area (Å²) in [4.78, 5) is 2.74. The molecule has 2 heteroatoms. The lowest BCUT2D eigenvalue weighted by Crippen LogP contribution is -1.89. The van der Waals surface area contributed by atoms with E-state index in [1.165, 1.54) is 63.7 Å². The van der Waals surface area contributed by atoms with Crippen molar-refractivity contribution in [2.75, 3.05) is 11.5 Å². The Morgan fingerprint density at radius 1 is 0.720 bits per heavy atom. The average Bonchev–Trinajstić information content (AvgIpc) is 2.65. The molecular weight excluding hydrogens is 340 g/mol. The van der Waals surface area contributed by atoms with E-state index < -0.39 is 0 Å². The van der Waals surface area contributed by atoms with Crippen LogP contribution in [0.3, 0.4) is 0 Å². The predicted molar refractivity (Wildman–Crippen MR) is 117 cm³/mol. The maximum Gasteiger partial charge on any atom is 0.00723 e. The molecule has 0 aliphatic rings. The summed E-state index contributed by atoms with van der Waals surface area (Å²) in [6.07, 6.45) is 7.32. The van der Waals surface area contributed by atoms with Crippen molar-refractivity contribution >= 4 is 29.1 Å². The molecule has 0 aliphatic carbocycles. The lowest BCUT2D eigenvalue weighted by molar-refractivity contribution is 0.896. The third kappa shape index (κ3) is 6.60. The van der Waals surface area contributed by atoms with Crippen LogP contribution < -0.4 is 0 Å². The standard InChI is InChI=1S/C23H30S2/c1-4-7-17-24-21-13-9-19(10-14-21)23(6-3)20-11-15-22(16-12-20)25-18-8-5-2/h6,9-16H,4-5,7-8,17-18H2,1-3H3. The van der Waals surface area contributed by atoms with Crippen LogP contribution in [0.2, 0.25) is 0 Å². The Morgan fingerprint density at radius 2 is 1.12 bits per heavy atom. The van der Waals surface area contributed by atoms with E-state index in [1.807, 2.05) is 23.5 Å². The summed E-state index contributed by atoms with van der Waals surface area (Å²) in [5.41, 5.74) is 3.91. The summed E-state index contributed by atoms with van der Waals surface area (Å²) < 4.78 is 0. The largest absolute Gasteiger partial charge is 0.126 e. The zero-order valence-electron chi connectivity index (χ0n) is 15.8. The second-order valence-corrected chi connectivity index (χ2v) is 8.49. The minimum atomic E-state index is 1.21. The van der Waals surface area contributed by atoms with Gasteiger partial charge in [-0.3, -0.25) is 0 Å². The van der Waals surface area contributed by atoms with Crippen LogP contribution in [-0.2, 0) is 0 Å². The highest BCUT2D eigenvalue weighted by atomic mass is 32.2.